The second kappa shape index (κ2) is 4.34. The van der Waals surface area contributed by atoms with Crippen molar-refractivity contribution in [3.05, 3.63) is 40.9 Å². The summed E-state index contributed by atoms with van der Waals surface area (Å²) in [6.45, 7) is 4.70. The van der Waals surface area contributed by atoms with E-state index in [9.17, 15) is 0 Å². The first-order chi connectivity index (χ1) is 8.29. The van der Waals surface area contributed by atoms with Crippen LogP contribution in [0.5, 0.6) is 0 Å². The molecule has 1 nitrogen and oxygen atoms in total. The van der Waals surface area contributed by atoms with Crippen molar-refractivity contribution in [3.8, 4) is 0 Å². The van der Waals surface area contributed by atoms with Crippen molar-refractivity contribution in [2.24, 2.45) is 5.92 Å². The molecule has 1 saturated heterocycles. The van der Waals surface area contributed by atoms with Crippen molar-refractivity contribution in [2.45, 2.75) is 13.3 Å². The topological polar surface area (TPSA) is 3.24 Å². The summed E-state index contributed by atoms with van der Waals surface area (Å²) in [4.78, 5) is 2.49. The van der Waals surface area contributed by atoms with Crippen LogP contribution >= 0.6 is 15.9 Å². The fraction of sp³-hybridized carbons (Fsp3) is 0.333. The van der Waals surface area contributed by atoms with Crippen LogP contribution in [0, 0.1) is 5.92 Å². The van der Waals surface area contributed by atoms with Crippen LogP contribution in [0.2, 0.25) is 0 Å². The van der Waals surface area contributed by atoms with Crippen LogP contribution in [0.3, 0.4) is 0 Å². The maximum Gasteiger partial charge on any atom is 0.0446 e. The largest absolute Gasteiger partial charge is 0.370 e. The predicted octanol–water partition coefficient (Wildman–Crippen LogP) is 4.45. The molecule has 0 unspecified atom stereocenters. The van der Waals surface area contributed by atoms with E-state index in [1.807, 2.05) is 0 Å². The molecule has 3 rings (SSSR count). The van der Waals surface area contributed by atoms with Crippen molar-refractivity contribution in [1.29, 1.82) is 0 Å². The fourth-order valence-electron chi connectivity index (χ4n) is 2.55. The van der Waals surface area contributed by atoms with Crippen LogP contribution in [-0.2, 0) is 0 Å². The van der Waals surface area contributed by atoms with Gasteiger partial charge >= 0.3 is 0 Å². The molecule has 0 aromatic heterocycles. The molecule has 0 spiro atoms. The quantitative estimate of drug-likeness (QED) is 0.790. The van der Waals surface area contributed by atoms with Gasteiger partial charge in [0.25, 0.3) is 0 Å². The van der Waals surface area contributed by atoms with Crippen LogP contribution < -0.4 is 4.90 Å². The number of hydrogen-bond donors (Lipinski definition) is 0. The molecule has 2 aromatic carbocycles. The number of benzene rings is 2. The lowest BCUT2D eigenvalue weighted by atomic mass is 9.95. The Morgan fingerprint density at radius 2 is 1.82 bits per heavy atom. The van der Waals surface area contributed by atoms with Gasteiger partial charge in [0.15, 0.2) is 0 Å². The van der Waals surface area contributed by atoms with E-state index >= 15 is 0 Å². The van der Waals surface area contributed by atoms with E-state index < -0.39 is 0 Å². The minimum atomic E-state index is 0.886. The van der Waals surface area contributed by atoms with Gasteiger partial charge in [-0.1, -0.05) is 47.1 Å². The molecule has 0 radical (unpaired) electrons. The average molecular weight is 290 g/mol. The zero-order chi connectivity index (χ0) is 11.8. The SMILES string of the molecule is CCC1CN(c2ccc(Br)c3ccccc23)C1. The zero-order valence-electron chi connectivity index (χ0n) is 9.99. The number of nitrogens with zero attached hydrogens (tertiary/aromatic N) is 1. The molecule has 1 aliphatic rings. The van der Waals surface area contributed by atoms with Crippen LogP contribution in [0.25, 0.3) is 10.8 Å². The summed E-state index contributed by atoms with van der Waals surface area (Å²) >= 11 is 3.63. The lowest BCUT2D eigenvalue weighted by molar-refractivity contribution is 0.400. The number of fused-ring (bicyclic) bond motifs is 1. The minimum absolute atomic E-state index is 0.886. The molecule has 0 amide bonds. The Morgan fingerprint density at radius 3 is 2.53 bits per heavy atom. The standard InChI is InChI=1S/C15H16BrN/c1-2-11-9-17(10-11)15-8-7-14(16)12-5-3-4-6-13(12)15/h3-8,11H,2,9-10H2,1H3. The summed E-state index contributed by atoms with van der Waals surface area (Å²) in [7, 11) is 0. The first kappa shape index (κ1) is 11.1. The first-order valence-corrected chi connectivity index (χ1v) is 7.01. The molecule has 2 aromatic rings. The summed E-state index contributed by atoms with van der Waals surface area (Å²) in [5, 5.41) is 2.67. The van der Waals surface area contributed by atoms with E-state index in [1.54, 1.807) is 0 Å². The highest BCUT2D eigenvalue weighted by Crippen LogP contribution is 2.35. The van der Waals surface area contributed by atoms with Crippen LogP contribution in [-0.4, -0.2) is 13.1 Å². The fourth-order valence-corrected chi connectivity index (χ4v) is 3.02. The van der Waals surface area contributed by atoms with Gasteiger partial charge in [-0.2, -0.15) is 0 Å². The maximum absolute atomic E-state index is 3.63. The van der Waals surface area contributed by atoms with E-state index in [-0.39, 0.29) is 0 Å². The third-order valence-electron chi connectivity index (χ3n) is 3.72. The molecule has 2 heteroatoms. The maximum atomic E-state index is 3.63. The third-order valence-corrected chi connectivity index (χ3v) is 4.41. The molecule has 1 aliphatic heterocycles. The summed E-state index contributed by atoms with van der Waals surface area (Å²) < 4.78 is 1.18. The Hall–Kier alpha value is -1.02. The van der Waals surface area contributed by atoms with Crippen LogP contribution in [0.4, 0.5) is 5.69 Å². The van der Waals surface area contributed by atoms with Gasteiger partial charge in [0.1, 0.15) is 0 Å². The van der Waals surface area contributed by atoms with Gasteiger partial charge < -0.3 is 4.90 Å². The highest BCUT2D eigenvalue weighted by atomic mass is 79.9. The third kappa shape index (κ3) is 1.85. The normalized spacial score (nSPS) is 16.2. The van der Waals surface area contributed by atoms with Crippen molar-refractivity contribution >= 4 is 32.4 Å². The second-order valence-electron chi connectivity index (χ2n) is 4.79. The monoisotopic (exact) mass is 289 g/mol. The van der Waals surface area contributed by atoms with Gasteiger partial charge in [0.05, 0.1) is 0 Å². The number of halogens is 1. The Balaban J connectivity index is 2.03. The molecule has 0 aliphatic carbocycles. The highest BCUT2D eigenvalue weighted by Gasteiger charge is 2.26. The number of hydrogen-bond acceptors (Lipinski definition) is 1. The van der Waals surface area contributed by atoms with Gasteiger partial charge in [-0.3, -0.25) is 0 Å². The Kier molecular flexibility index (Phi) is 2.83. The smallest absolute Gasteiger partial charge is 0.0446 e. The molecule has 1 heterocycles. The van der Waals surface area contributed by atoms with Crippen molar-refractivity contribution in [2.75, 3.05) is 18.0 Å². The lowest BCUT2D eigenvalue weighted by Crippen LogP contribution is -2.46. The Bertz CT molecular complexity index is 544. The van der Waals surface area contributed by atoms with Crippen molar-refractivity contribution in [3.63, 3.8) is 0 Å². The minimum Gasteiger partial charge on any atom is -0.370 e. The van der Waals surface area contributed by atoms with Crippen molar-refractivity contribution in [1.82, 2.24) is 0 Å². The van der Waals surface area contributed by atoms with E-state index in [1.165, 1.54) is 40.4 Å². The van der Waals surface area contributed by atoms with Crippen molar-refractivity contribution < 1.29 is 0 Å². The molecule has 0 saturated carbocycles. The second-order valence-corrected chi connectivity index (χ2v) is 5.65. The predicted molar refractivity (Wildman–Crippen MR) is 77.6 cm³/mol. The van der Waals surface area contributed by atoms with Gasteiger partial charge in [0, 0.05) is 28.6 Å². The van der Waals surface area contributed by atoms with E-state index in [0.717, 1.165) is 5.92 Å². The van der Waals surface area contributed by atoms with Gasteiger partial charge in [0.2, 0.25) is 0 Å². The Morgan fingerprint density at radius 1 is 1.12 bits per heavy atom. The lowest BCUT2D eigenvalue weighted by Gasteiger charge is -2.41. The summed E-state index contributed by atoms with van der Waals surface area (Å²) in [5.74, 6) is 0.886. The average Bonchev–Trinajstić information content (AvgIpc) is 2.31. The molecule has 1 fully saturated rings. The van der Waals surface area contributed by atoms with Crippen LogP contribution in [0.15, 0.2) is 40.9 Å². The number of rotatable bonds is 2. The Labute approximate surface area is 111 Å². The van der Waals surface area contributed by atoms with Gasteiger partial charge in [-0.05, 0) is 29.9 Å². The van der Waals surface area contributed by atoms with E-state index in [2.05, 4.69) is 64.2 Å². The summed E-state index contributed by atoms with van der Waals surface area (Å²) in [6.07, 6.45) is 1.30. The van der Waals surface area contributed by atoms with Crippen LogP contribution in [0.1, 0.15) is 13.3 Å². The zero-order valence-corrected chi connectivity index (χ0v) is 11.6. The molecule has 88 valence electrons. The van der Waals surface area contributed by atoms with E-state index in [0.29, 0.717) is 0 Å². The summed E-state index contributed by atoms with van der Waals surface area (Å²) in [5.41, 5.74) is 1.38. The molecular weight excluding hydrogens is 274 g/mol. The molecule has 0 N–H and O–H groups in total. The molecule has 0 bridgehead atoms. The summed E-state index contributed by atoms with van der Waals surface area (Å²) in [6, 6.07) is 13.0. The molecule has 17 heavy (non-hydrogen) atoms. The molecular formula is C15H16BrN. The highest BCUT2D eigenvalue weighted by molar-refractivity contribution is 9.10. The first-order valence-electron chi connectivity index (χ1n) is 6.21. The van der Waals surface area contributed by atoms with Gasteiger partial charge in [-0.25, -0.2) is 0 Å². The molecule has 0 atom stereocenters. The number of anilines is 1. The van der Waals surface area contributed by atoms with E-state index in [4.69, 9.17) is 0 Å². The van der Waals surface area contributed by atoms with Gasteiger partial charge in [-0.15, -0.1) is 0 Å².